The van der Waals surface area contributed by atoms with Crippen LogP contribution in [0.4, 0.5) is 0 Å². The molecule has 0 spiro atoms. The molecule has 0 aliphatic heterocycles. The zero-order chi connectivity index (χ0) is 23.0. The lowest BCUT2D eigenvalue weighted by molar-refractivity contribution is 0.269. The van der Waals surface area contributed by atoms with E-state index < -0.39 is 10.0 Å². The molecule has 32 heavy (non-hydrogen) atoms. The van der Waals surface area contributed by atoms with E-state index in [2.05, 4.69) is 21.2 Å². The van der Waals surface area contributed by atoms with Crippen LogP contribution in [0.15, 0.2) is 76.1 Å². The predicted octanol–water partition coefficient (Wildman–Crippen LogP) is 4.41. The Morgan fingerprint density at radius 2 is 1.62 bits per heavy atom. The van der Waals surface area contributed by atoms with E-state index in [1.807, 2.05) is 49.4 Å². The van der Waals surface area contributed by atoms with Crippen LogP contribution in [0, 0.1) is 0 Å². The van der Waals surface area contributed by atoms with Gasteiger partial charge in [0, 0.05) is 11.0 Å². The Balaban J connectivity index is 1.58. The minimum Gasteiger partial charge on any atom is -0.490 e. The number of hydrogen-bond donors (Lipinski definition) is 2. The van der Waals surface area contributed by atoms with E-state index in [4.69, 9.17) is 14.6 Å². The molecule has 3 N–H and O–H groups in total. The Bertz CT molecular complexity index is 1120. The number of rotatable bonds is 11. The number of ether oxygens (including phenoxy) is 2. The highest BCUT2D eigenvalue weighted by Crippen LogP contribution is 2.34. The highest BCUT2D eigenvalue weighted by Gasteiger charge is 2.12. The number of hydrogen-bond acceptors (Lipinski definition) is 5. The first-order valence-corrected chi connectivity index (χ1v) is 12.6. The first-order chi connectivity index (χ1) is 15.4. The molecular formula is C24H27BrN2O4S. The van der Waals surface area contributed by atoms with Gasteiger partial charge in [0.2, 0.25) is 10.0 Å². The summed E-state index contributed by atoms with van der Waals surface area (Å²) in [6, 6.07) is 20.6. The van der Waals surface area contributed by atoms with E-state index in [0.29, 0.717) is 31.3 Å². The Hall–Kier alpha value is -2.39. The second-order valence-corrected chi connectivity index (χ2v) is 9.63. The van der Waals surface area contributed by atoms with Crippen molar-refractivity contribution < 1.29 is 17.9 Å². The molecule has 0 aliphatic rings. The zero-order valence-corrected chi connectivity index (χ0v) is 20.3. The van der Waals surface area contributed by atoms with Gasteiger partial charge in [0.15, 0.2) is 11.5 Å². The van der Waals surface area contributed by atoms with Crippen molar-refractivity contribution in [1.29, 1.82) is 0 Å². The van der Waals surface area contributed by atoms with Crippen molar-refractivity contribution in [2.45, 2.75) is 31.4 Å². The summed E-state index contributed by atoms with van der Waals surface area (Å²) in [4.78, 5) is 0.121. The first kappa shape index (κ1) is 24.3. The topological polar surface area (TPSA) is 90.6 Å². The second-order valence-electron chi connectivity index (χ2n) is 7.21. The SMILES string of the molecule is CCOc1cc(CNCCc2ccc(S(N)(=O)=O)cc2)c(Br)cc1OCc1ccccc1. The molecule has 0 fully saturated rings. The number of primary sulfonamides is 1. The molecule has 0 heterocycles. The summed E-state index contributed by atoms with van der Waals surface area (Å²) in [6.07, 6.45) is 0.763. The molecule has 3 aromatic rings. The smallest absolute Gasteiger partial charge is 0.238 e. The standard InChI is InChI=1S/C24H27BrN2O4S/c1-2-30-23-14-20(22(25)15-24(23)31-17-19-6-4-3-5-7-19)16-27-13-12-18-8-10-21(11-9-18)32(26,28)29/h3-11,14-15,27H,2,12-13,16-17H2,1H3,(H2,26,28,29). The summed E-state index contributed by atoms with van der Waals surface area (Å²) in [5.41, 5.74) is 3.18. The van der Waals surface area contributed by atoms with E-state index >= 15 is 0 Å². The number of sulfonamides is 1. The van der Waals surface area contributed by atoms with Gasteiger partial charge < -0.3 is 14.8 Å². The lowest BCUT2D eigenvalue weighted by atomic mass is 10.1. The van der Waals surface area contributed by atoms with E-state index in [0.717, 1.165) is 34.1 Å². The molecule has 0 unspecified atom stereocenters. The van der Waals surface area contributed by atoms with E-state index in [1.54, 1.807) is 12.1 Å². The summed E-state index contributed by atoms with van der Waals surface area (Å²) >= 11 is 3.64. The molecule has 170 valence electrons. The van der Waals surface area contributed by atoms with Crippen molar-refractivity contribution in [3.63, 3.8) is 0 Å². The van der Waals surface area contributed by atoms with E-state index in [1.165, 1.54) is 12.1 Å². The van der Waals surface area contributed by atoms with Crippen molar-refractivity contribution in [2.75, 3.05) is 13.2 Å². The lowest BCUT2D eigenvalue weighted by Crippen LogP contribution is -2.17. The molecule has 3 rings (SSSR count). The first-order valence-electron chi connectivity index (χ1n) is 10.3. The number of nitrogens with one attached hydrogen (secondary N) is 1. The summed E-state index contributed by atoms with van der Waals surface area (Å²) in [5.74, 6) is 1.41. The highest BCUT2D eigenvalue weighted by atomic mass is 79.9. The van der Waals surface area contributed by atoms with Gasteiger partial charge in [0.05, 0.1) is 11.5 Å². The molecule has 0 aliphatic carbocycles. The third-order valence-corrected chi connectivity index (χ3v) is 6.47. The molecule has 0 atom stereocenters. The maximum atomic E-state index is 11.3. The van der Waals surface area contributed by atoms with Crippen molar-refractivity contribution in [1.82, 2.24) is 5.32 Å². The van der Waals surface area contributed by atoms with Gasteiger partial charge in [-0.3, -0.25) is 0 Å². The maximum Gasteiger partial charge on any atom is 0.238 e. The molecule has 3 aromatic carbocycles. The van der Waals surface area contributed by atoms with Crippen LogP contribution in [-0.2, 0) is 29.6 Å². The molecule has 0 bridgehead atoms. The average molecular weight is 519 g/mol. The fourth-order valence-electron chi connectivity index (χ4n) is 3.13. The van der Waals surface area contributed by atoms with Gasteiger partial charge in [-0.1, -0.05) is 58.4 Å². The average Bonchev–Trinajstić information content (AvgIpc) is 2.78. The molecule has 0 saturated carbocycles. The Morgan fingerprint density at radius 3 is 2.28 bits per heavy atom. The van der Waals surface area contributed by atoms with Crippen LogP contribution in [0.1, 0.15) is 23.6 Å². The fourth-order valence-corrected chi connectivity index (χ4v) is 4.11. The molecule has 0 saturated heterocycles. The quantitative estimate of drug-likeness (QED) is 0.367. The molecule has 0 amide bonds. The molecule has 8 heteroatoms. The number of nitrogens with two attached hydrogens (primary N) is 1. The Labute approximate surface area is 197 Å². The summed E-state index contributed by atoms with van der Waals surface area (Å²) in [5, 5.41) is 8.55. The van der Waals surface area contributed by atoms with Crippen LogP contribution in [0.3, 0.4) is 0 Å². The van der Waals surface area contributed by atoms with Crippen molar-refractivity contribution in [2.24, 2.45) is 5.14 Å². The van der Waals surface area contributed by atoms with Gasteiger partial charge in [-0.2, -0.15) is 0 Å². The van der Waals surface area contributed by atoms with Crippen LogP contribution in [0.25, 0.3) is 0 Å². The second kappa shape index (κ2) is 11.5. The number of benzene rings is 3. The highest BCUT2D eigenvalue weighted by molar-refractivity contribution is 9.10. The minimum absolute atomic E-state index is 0.121. The van der Waals surface area contributed by atoms with Gasteiger partial charge in [-0.25, -0.2) is 13.6 Å². The van der Waals surface area contributed by atoms with Gasteiger partial charge in [0.1, 0.15) is 6.61 Å². The van der Waals surface area contributed by atoms with Crippen molar-refractivity contribution in [3.8, 4) is 11.5 Å². The van der Waals surface area contributed by atoms with Gasteiger partial charge in [0.25, 0.3) is 0 Å². The van der Waals surface area contributed by atoms with Crippen LogP contribution in [0.5, 0.6) is 11.5 Å². The van der Waals surface area contributed by atoms with Crippen LogP contribution in [-0.4, -0.2) is 21.6 Å². The third kappa shape index (κ3) is 7.06. The zero-order valence-electron chi connectivity index (χ0n) is 17.9. The summed E-state index contributed by atoms with van der Waals surface area (Å²) in [7, 11) is -3.66. The monoisotopic (exact) mass is 518 g/mol. The molecular weight excluding hydrogens is 492 g/mol. The molecule has 6 nitrogen and oxygen atoms in total. The predicted molar refractivity (Wildman–Crippen MR) is 129 cm³/mol. The van der Waals surface area contributed by atoms with Gasteiger partial charge >= 0.3 is 0 Å². The van der Waals surface area contributed by atoms with Crippen LogP contribution >= 0.6 is 15.9 Å². The summed E-state index contributed by atoms with van der Waals surface area (Å²) in [6.45, 7) is 4.34. The van der Waals surface area contributed by atoms with E-state index in [-0.39, 0.29) is 4.90 Å². The Morgan fingerprint density at radius 1 is 0.938 bits per heavy atom. The Kier molecular flexibility index (Phi) is 8.69. The largest absolute Gasteiger partial charge is 0.490 e. The van der Waals surface area contributed by atoms with Gasteiger partial charge in [-0.15, -0.1) is 0 Å². The van der Waals surface area contributed by atoms with Crippen molar-refractivity contribution in [3.05, 3.63) is 87.9 Å². The summed E-state index contributed by atoms with van der Waals surface area (Å²) < 4.78 is 35.4. The number of halogens is 1. The van der Waals surface area contributed by atoms with Crippen LogP contribution < -0.4 is 19.9 Å². The lowest BCUT2D eigenvalue weighted by Gasteiger charge is -2.15. The van der Waals surface area contributed by atoms with Gasteiger partial charge in [-0.05, 0) is 60.8 Å². The minimum atomic E-state index is -3.66. The third-order valence-electron chi connectivity index (χ3n) is 4.81. The normalized spacial score (nSPS) is 11.3. The van der Waals surface area contributed by atoms with Crippen molar-refractivity contribution >= 4 is 26.0 Å². The van der Waals surface area contributed by atoms with E-state index in [9.17, 15) is 8.42 Å². The molecule has 0 radical (unpaired) electrons. The van der Waals surface area contributed by atoms with Crippen LogP contribution in [0.2, 0.25) is 0 Å². The molecule has 0 aromatic heterocycles. The fraction of sp³-hybridized carbons (Fsp3) is 0.250. The maximum absolute atomic E-state index is 11.3.